The average molecular weight is 368 g/mol. The van der Waals surface area contributed by atoms with E-state index in [1.807, 2.05) is 31.2 Å². The summed E-state index contributed by atoms with van der Waals surface area (Å²) in [5, 5.41) is 24.0. The van der Waals surface area contributed by atoms with Gasteiger partial charge in [-0.15, -0.1) is 5.10 Å². The van der Waals surface area contributed by atoms with Crippen LogP contribution in [-0.2, 0) is 10.3 Å². The molecular formula is C18H20N6O3. The molecule has 2 N–H and O–H groups in total. The fraction of sp³-hybridized carbons (Fsp3) is 0.278. The number of carboxylic acid groups (broad SMARTS) is 1. The molecule has 2 heterocycles. The summed E-state index contributed by atoms with van der Waals surface area (Å²) >= 11 is 0. The summed E-state index contributed by atoms with van der Waals surface area (Å²) in [5.74, 6) is -1.47. The molecule has 0 saturated carbocycles. The second-order valence-electron chi connectivity index (χ2n) is 6.77. The van der Waals surface area contributed by atoms with Crippen molar-refractivity contribution in [1.29, 1.82) is 0 Å². The summed E-state index contributed by atoms with van der Waals surface area (Å²) in [5.41, 5.74) is 1.81. The smallest absolute Gasteiger partial charge is 0.331 e. The summed E-state index contributed by atoms with van der Waals surface area (Å²) in [4.78, 5) is 23.9. The van der Waals surface area contributed by atoms with Gasteiger partial charge in [-0.25, -0.2) is 9.48 Å². The molecule has 3 rings (SSSR count). The van der Waals surface area contributed by atoms with Crippen molar-refractivity contribution in [2.24, 2.45) is 0 Å². The van der Waals surface area contributed by atoms with Crippen LogP contribution in [0.4, 0.5) is 5.69 Å². The zero-order valence-electron chi connectivity index (χ0n) is 15.5. The maximum atomic E-state index is 12.6. The molecule has 9 nitrogen and oxygen atoms in total. The van der Waals surface area contributed by atoms with Crippen LogP contribution in [0.5, 0.6) is 0 Å². The first-order chi connectivity index (χ1) is 12.7. The van der Waals surface area contributed by atoms with E-state index in [0.29, 0.717) is 11.4 Å². The Kier molecular flexibility index (Phi) is 4.52. The van der Waals surface area contributed by atoms with Crippen LogP contribution in [0.15, 0.2) is 36.7 Å². The Hall–Kier alpha value is -3.49. The van der Waals surface area contributed by atoms with Crippen LogP contribution in [0.3, 0.4) is 0 Å². The van der Waals surface area contributed by atoms with Crippen LogP contribution in [-0.4, -0.2) is 41.8 Å². The molecule has 0 aliphatic rings. The molecule has 0 unspecified atom stereocenters. The number of aryl methyl sites for hydroxylation is 1. The van der Waals surface area contributed by atoms with Crippen LogP contribution >= 0.6 is 0 Å². The van der Waals surface area contributed by atoms with Gasteiger partial charge in [0.1, 0.15) is 0 Å². The molecule has 0 spiro atoms. The van der Waals surface area contributed by atoms with Crippen molar-refractivity contribution in [3.63, 3.8) is 0 Å². The number of rotatable bonds is 5. The molecule has 1 aromatic carbocycles. The van der Waals surface area contributed by atoms with E-state index in [4.69, 9.17) is 0 Å². The molecule has 0 atom stereocenters. The van der Waals surface area contributed by atoms with Gasteiger partial charge in [0.2, 0.25) is 0 Å². The Morgan fingerprint density at radius 1 is 1.22 bits per heavy atom. The Balaban J connectivity index is 1.82. The number of carboxylic acids is 1. The van der Waals surface area contributed by atoms with Gasteiger partial charge in [-0.2, -0.15) is 5.10 Å². The van der Waals surface area contributed by atoms with Crippen LogP contribution in [0.2, 0.25) is 0 Å². The van der Waals surface area contributed by atoms with Gasteiger partial charge >= 0.3 is 5.97 Å². The van der Waals surface area contributed by atoms with Crippen molar-refractivity contribution in [1.82, 2.24) is 24.8 Å². The van der Waals surface area contributed by atoms with Gasteiger partial charge in [0.05, 0.1) is 23.3 Å². The minimum Gasteiger partial charge on any atom is -0.479 e. The maximum Gasteiger partial charge on any atom is 0.331 e. The van der Waals surface area contributed by atoms with Crippen molar-refractivity contribution in [3.8, 4) is 5.69 Å². The molecule has 0 saturated heterocycles. The predicted molar refractivity (Wildman–Crippen MR) is 98.0 cm³/mol. The van der Waals surface area contributed by atoms with E-state index in [9.17, 15) is 14.7 Å². The van der Waals surface area contributed by atoms with Crippen LogP contribution < -0.4 is 5.32 Å². The fourth-order valence-electron chi connectivity index (χ4n) is 2.53. The zero-order valence-corrected chi connectivity index (χ0v) is 15.5. The van der Waals surface area contributed by atoms with E-state index >= 15 is 0 Å². The molecular weight excluding hydrogens is 348 g/mol. The minimum absolute atomic E-state index is 0.182. The highest BCUT2D eigenvalue weighted by atomic mass is 16.4. The highest BCUT2D eigenvalue weighted by Gasteiger charge is 2.30. The monoisotopic (exact) mass is 368 g/mol. The van der Waals surface area contributed by atoms with Crippen LogP contribution in [0.25, 0.3) is 5.69 Å². The number of anilines is 1. The van der Waals surface area contributed by atoms with Crippen LogP contribution in [0.1, 0.15) is 35.6 Å². The van der Waals surface area contributed by atoms with Gasteiger partial charge in [0, 0.05) is 6.20 Å². The molecule has 0 aliphatic carbocycles. The lowest BCUT2D eigenvalue weighted by Gasteiger charge is -2.19. The summed E-state index contributed by atoms with van der Waals surface area (Å²) < 4.78 is 2.88. The molecule has 0 fully saturated rings. The lowest BCUT2D eigenvalue weighted by atomic mass is 10.1. The molecule has 27 heavy (non-hydrogen) atoms. The van der Waals surface area contributed by atoms with E-state index in [2.05, 4.69) is 20.7 Å². The quantitative estimate of drug-likeness (QED) is 0.713. The number of amides is 1. The summed E-state index contributed by atoms with van der Waals surface area (Å²) in [7, 11) is 0. The maximum absolute atomic E-state index is 12.6. The molecule has 2 aromatic heterocycles. The first kappa shape index (κ1) is 18.3. The van der Waals surface area contributed by atoms with Gasteiger partial charge in [0.25, 0.3) is 5.91 Å². The van der Waals surface area contributed by atoms with Gasteiger partial charge in [0.15, 0.2) is 11.2 Å². The zero-order chi connectivity index (χ0) is 19.8. The first-order valence-corrected chi connectivity index (χ1v) is 8.29. The highest BCUT2D eigenvalue weighted by Crippen LogP contribution is 2.19. The third-order valence-corrected chi connectivity index (χ3v) is 4.29. The topological polar surface area (TPSA) is 115 Å². The van der Waals surface area contributed by atoms with Crippen molar-refractivity contribution in [2.45, 2.75) is 33.2 Å². The second kappa shape index (κ2) is 6.67. The van der Waals surface area contributed by atoms with Gasteiger partial charge in [-0.05, 0) is 45.4 Å². The molecule has 0 radical (unpaired) electrons. The molecule has 1 amide bonds. The lowest BCUT2D eigenvalue weighted by Crippen LogP contribution is -2.35. The number of aromatic nitrogens is 5. The number of carbonyl (C=O) groups excluding carboxylic acids is 1. The predicted octanol–water partition coefficient (Wildman–Crippen LogP) is 2.15. The summed E-state index contributed by atoms with van der Waals surface area (Å²) in [6.07, 6.45) is 2.86. The molecule has 3 aromatic rings. The number of nitrogens with zero attached hydrogens (tertiary/aromatic N) is 5. The largest absolute Gasteiger partial charge is 0.479 e. The number of hydrogen-bond donors (Lipinski definition) is 2. The lowest BCUT2D eigenvalue weighted by molar-refractivity contribution is -0.146. The van der Waals surface area contributed by atoms with Gasteiger partial charge in [-0.3, -0.25) is 9.48 Å². The summed E-state index contributed by atoms with van der Waals surface area (Å²) in [6.45, 7) is 6.77. The number of nitrogens with one attached hydrogen (secondary N) is 1. The average Bonchev–Trinajstić information content (AvgIpc) is 3.21. The van der Waals surface area contributed by atoms with Crippen LogP contribution in [0, 0.1) is 13.8 Å². The number of carbonyl (C=O) groups is 2. The second-order valence-corrected chi connectivity index (χ2v) is 6.77. The van der Waals surface area contributed by atoms with Gasteiger partial charge in [-0.1, -0.05) is 17.3 Å². The van der Waals surface area contributed by atoms with Crippen molar-refractivity contribution in [2.75, 3.05) is 5.32 Å². The molecule has 0 aliphatic heterocycles. The Morgan fingerprint density at radius 2 is 1.96 bits per heavy atom. The normalized spacial score (nSPS) is 11.4. The molecule has 0 bridgehead atoms. The molecule has 140 valence electrons. The SMILES string of the molecule is Cc1cccc(-n2nnc(C(=O)Nc3cnn(C(C)(C)C(=O)O)c3)c2C)c1. The Bertz CT molecular complexity index is 1020. The van der Waals surface area contributed by atoms with E-state index in [0.717, 1.165) is 11.3 Å². The minimum atomic E-state index is -1.23. The van der Waals surface area contributed by atoms with Crippen molar-refractivity contribution < 1.29 is 14.7 Å². The van der Waals surface area contributed by atoms with Gasteiger partial charge < -0.3 is 10.4 Å². The Labute approximate surface area is 155 Å². The molecule has 9 heteroatoms. The number of benzene rings is 1. The number of aliphatic carboxylic acids is 1. The third kappa shape index (κ3) is 3.43. The van der Waals surface area contributed by atoms with E-state index in [1.165, 1.54) is 30.9 Å². The van der Waals surface area contributed by atoms with E-state index < -0.39 is 17.4 Å². The van der Waals surface area contributed by atoms with Crippen molar-refractivity contribution >= 4 is 17.6 Å². The fourth-order valence-corrected chi connectivity index (χ4v) is 2.53. The number of hydrogen-bond acceptors (Lipinski definition) is 5. The highest BCUT2D eigenvalue weighted by molar-refractivity contribution is 6.03. The van der Waals surface area contributed by atoms with Crippen molar-refractivity contribution in [3.05, 3.63) is 53.6 Å². The first-order valence-electron chi connectivity index (χ1n) is 8.29. The van der Waals surface area contributed by atoms with E-state index in [-0.39, 0.29) is 5.69 Å². The van der Waals surface area contributed by atoms with E-state index in [1.54, 1.807) is 11.6 Å². The third-order valence-electron chi connectivity index (χ3n) is 4.29. The summed E-state index contributed by atoms with van der Waals surface area (Å²) in [6, 6.07) is 7.71. The Morgan fingerprint density at radius 3 is 2.63 bits per heavy atom. The standard InChI is InChI=1S/C18H20N6O3/c1-11-6-5-7-14(8-11)24-12(2)15(21-22-24)16(25)20-13-9-19-23(10-13)18(3,4)17(26)27/h5-10H,1-4H3,(H,20,25)(H,26,27).